The molecule has 6 nitrogen and oxygen atoms in total. The number of benzene rings is 2. The molecular formula is C33H39FN4O2. The molecule has 3 aliphatic rings. The minimum absolute atomic E-state index is 0.00797. The number of hydrogen-bond donors (Lipinski definition) is 2. The second-order valence-corrected chi connectivity index (χ2v) is 11.9. The van der Waals surface area contributed by atoms with Crippen LogP contribution < -0.4 is 5.32 Å². The van der Waals surface area contributed by atoms with Crippen LogP contribution in [-0.4, -0.2) is 45.0 Å². The van der Waals surface area contributed by atoms with Crippen molar-refractivity contribution in [3.63, 3.8) is 0 Å². The summed E-state index contributed by atoms with van der Waals surface area (Å²) in [5, 5.41) is 17.7. The lowest BCUT2D eigenvalue weighted by Gasteiger charge is -2.39. The molecule has 210 valence electrons. The molecule has 1 aliphatic heterocycles. The van der Waals surface area contributed by atoms with Gasteiger partial charge in [0.15, 0.2) is 0 Å². The number of aromatic nitrogens is 2. The molecule has 2 fully saturated rings. The molecule has 0 radical (unpaired) electrons. The van der Waals surface area contributed by atoms with Crippen molar-refractivity contribution >= 4 is 12.1 Å². The zero-order valence-corrected chi connectivity index (χ0v) is 23.2. The number of amides is 2. The third kappa shape index (κ3) is 5.07. The fourth-order valence-corrected chi connectivity index (χ4v) is 7.30. The summed E-state index contributed by atoms with van der Waals surface area (Å²) in [4.78, 5) is 15.6. The van der Waals surface area contributed by atoms with Crippen LogP contribution in [0.2, 0.25) is 0 Å². The Bertz CT molecular complexity index is 1370. The maximum atomic E-state index is 13.6. The molecule has 40 heavy (non-hydrogen) atoms. The van der Waals surface area contributed by atoms with Crippen molar-refractivity contribution in [3.05, 3.63) is 89.0 Å². The van der Waals surface area contributed by atoms with Gasteiger partial charge in [-0.15, -0.1) is 0 Å². The molecule has 2 amide bonds. The van der Waals surface area contributed by atoms with E-state index in [-0.39, 0.29) is 36.0 Å². The van der Waals surface area contributed by atoms with E-state index in [2.05, 4.69) is 35.5 Å². The number of urea groups is 1. The van der Waals surface area contributed by atoms with Crippen LogP contribution in [0, 0.1) is 17.2 Å². The molecular weight excluding hydrogens is 503 g/mol. The Hall–Kier alpha value is -3.45. The second-order valence-electron chi connectivity index (χ2n) is 11.9. The Kier molecular flexibility index (Phi) is 7.49. The molecule has 1 saturated heterocycles. The molecule has 0 spiro atoms. The van der Waals surface area contributed by atoms with Gasteiger partial charge in [-0.25, -0.2) is 13.9 Å². The van der Waals surface area contributed by atoms with E-state index in [9.17, 15) is 14.3 Å². The van der Waals surface area contributed by atoms with E-state index in [1.165, 1.54) is 23.3 Å². The Balaban J connectivity index is 1.24. The largest absolute Gasteiger partial charge is 0.396 e. The van der Waals surface area contributed by atoms with Crippen LogP contribution in [0.25, 0.3) is 11.8 Å². The van der Waals surface area contributed by atoms with Crippen molar-refractivity contribution in [1.29, 1.82) is 0 Å². The first kappa shape index (κ1) is 26.8. The number of aliphatic hydroxyl groups excluding tert-OH is 1. The molecule has 0 bridgehead atoms. The molecule has 4 unspecified atom stereocenters. The standard InChI is InChI=1S/C33H39FN4O2/c1-33-21-24-22-35-38(29-14-12-27(34)13-15-29)31(24)20-26(33)11-10-25(33)19-30(23-7-3-2-4-8-23)36-32(40)37-17-6-5-9-28(37)16-18-39/h2-4,7-8,12-15,20,22,25,28,30,39H,5-6,9-11,16-19,21H2,1H3,(H,36,40). The van der Waals surface area contributed by atoms with E-state index >= 15 is 0 Å². The lowest BCUT2D eigenvalue weighted by Crippen LogP contribution is -2.50. The van der Waals surface area contributed by atoms with E-state index in [0.717, 1.165) is 68.4 Å². The van der Waals surface area contributed by atoms with E-state index in [0.29, 0.717) is 12.3 Å². The molecule has 2 aromatic carbocycles. The van der Waals surface area contributed by atoms with Gasteiger partial charge in [0.25, 0.3) is 0 Å². The van der Waals surface area contributed by atoms with Crippen LogP contribution in [-0.2, 0) is 6.42 Å². The number of rotatable bonds is 7. The number of aliphatic hydroxyl groups is 1. The first-order valence-electron chi connectivity index (χ1n) is 14.7. The number of likely N-dealkylation sites (tertiary alicyclic amines) is 1. The van der Waals surface area contributed by atoms with E-state index in [1.807, 2.05) is 34.0 Å². The van der Waals surface area contributed by atoms with Crippen LogP contribution in [0.1, 0.15) is 74.7 Å². The van der Waals surface area contributed by atoms with Crippen molar-refractivity contribution < 1.29 is 14.3 Å². The highest BCUT2D eigenvalue weighted by molar-refractivity contribution is 5.75. The number of nitrogens with one attached hydrogen (secondary N) is 1. The van der Waals surface area contributed by atoms with Gasteiger partial charge in [0.2, 0.25) is 0 Å². The number of hydrogen-bond acceptors (Lipinski definition) is 3. The average molecular weight is 543 g/mol. The minimum atomic E-state index is -0.251. The highest BCUT2D eigenvalue weighted by Crippen LogP contribution is 2.55. The fraction of sp³-hybridized carbons (Fsp3) is 0.455. The quantitative estimate of drug-likeness (QED) is 0.361. The summed E-state index contributed by atoms with van der Waals surface area (Å²) in [6, 6.07) is 16.8. The smallest absolute Gasteiger partial charge is 0.318 e. The fourth-order valence-electron chi connectivity index (χ4n) is 7.30. The Morgan fingerprint density at radius 3 is 2.73 bits per heavy atom. The molecule has 1 aromatic heterocycles. The third-order valence-corrected chi connectivity index (χ3v) is 9.59. The van der Waals surface area contributed by atoms with Gasteiger partial charge < -0.3 is 15.3 Å². The number of halogens is 1. The van der Waals surface area contributed by atoms with E-state index in [4.69, 9.17) is 0 Å². The van der Waals surface area contributed by atoms with Crippen LogP contribution in [0.5, 0.6) is 0 Å². The summed E-state index contributed by atoms with van der Waals surface area (Å²) >= 11 is 0. The van der Waals surface area contributed by atoms with Crippen LogP contribution in [0.15, 0.2) is 66.4 Å². The van der Waals surface area contributed by atoms with Crippen molar-refractivity contribution in [3.8, 4) is 5.69 Å². The number of carbonyl (C=O) groups excluding carboxylic acids is 1. The highest BCUT2D eigenvalue weighted by atomic mass is 19.1. The molecule has 2 N–H and O–H groups in total. The van der Waals surface area contributed by atoms with Gasteiger partial charge in [-0.1, -0.05) is 42.8 Å². The normalized spacial score (nSPS) is 24.7. The molecule has 3 aromatic rings. The van der Waals surface area contributed by atoms with Gasteiger partial charge in [-0.2, -0.15) is 5.10 Å². The SMILES string of the molecule is CC12Cc3cnn(-c4ccc(F)cc4)c3C=C1CCC2CC(NC(=O)N1CCCCC1CCO)c1ccccc1. The number of allylic oxidation sites excluding steroid dienone is 1. The zero-order chi connectivity index (χ0) is 27.7. The monoisotopic (exact) mass is 542 g/mol. The summed E-state index contributed by atoms with van der Waals surface area (Å²) in [6.45, 7) is 3.22. The molecule has 4 atom stereocenters. The number of nitrogens with zero attached hydrogens (tertiary/aromatic N) is 3. The summed E-state index contributed by atoms with van der Waals surface area (Å²) in [5.74, 6) is 0.153. The molecule has 7 heteroatoms. The van der Waals surface area contributed by atoms with Crippen molar-refractivity contribution in [1.82, 2.24) is 20.0 Å². The highest BCUT2D eigenvalue weighted by Gasteiger charge is 2.46. The summed E-state index contributed by atoms with van der Waals surface area (Å²) in [5.41, 5.74) is 5.72. The first-order chi connectivity index (χ1) is 19.5. The third-order valence-electron chi connectivity index (χ3n) is 9.59. The van der Waals surface area contributed by atoms with Gasteiger partial charge in [0, 0.05) is 19.2 Å². The van der Waals surface area contributed by atoms with Crippen molar-refractivity contribution in [2.45, 2.75) is 70.4 Å². The Morgan fingerprint density at radius 2 is 1.95 bits per heavy atom. The van der Waals surface area contributed by atoms with Crippen molar-refractivity contribution in [2.24, 2.45) is 11.3 Å². The molecule has 2 aliphatic carbocycles. The average Bonchev–Trinajstić information content (AvgIpc) is 3.52. The van der Waals surface area contributed by atoms with Gasteiger partial charge >= 0.3 is 6.03 Å². The number of carbonyl (C=O) groups is 1. The minimum Gasteiger partial charge on any atom is -0.396 e. The second kappa shape index (κ2) is 11.2. The van der Waals surface area contributed by atoms with Gasteiger partial charge in [0.1, 0.15) is 5.82 Å². The van der Waals surface area contributed by atoms with Gasteiger partial charge in [0.05, 0.1) is 23.6 Å². The van der Waals surface area contributed by atoms with Gasteiger partial charge in [-0.05, 0) is 104 Å². The molecule has 1 saturated carbocycles. The molecule has 2 heterocycles. The maximum absolute atomic E-state index is 13.6. The number of piperidine rings is 1. The lowest BCUT2D eigenvalue weighted by molar-refractivity contribution is 0.127. The van der Waals surface area contributed by atoms with Crippen LogP contribution >= 0.6 is 0 Å². The first-order valence-corrected chi connectivity index (χ1v) is 14.7. The van der Waals surface area contributed by atoms with Crippen LogP contribution in [0.3, 0.4) is 0 Å². The predicted octanol–water partition coefficient (Wildman–Crippen LogP) is 6.45. The zero-order valence-electron chi connectivity index (χ0n) is 23.2. The Morgan fingerprint density at radius 1 is 1.15 bits per heavy atom. The van der Waals surface area contributed by atoms with Gasteiger partial charge in [-0.3, -0.25) is 0 Å². The summed E-state index contributed by atoms with van der Waals surface area (Å²) in [7, 11) is 0. The predicted molar refractivity (Wildman–Crippen MR) is 154 cm³/mol. The summed E-state index contributed by atoms with van der Waals surface area (Å²) in [6.07, 6.45) is 11.8. The van der Waals surface area contributed by atoms with E-state index in [1.54, 1.807) is 12.1 Å². The number of fused-ring (bicyclic) bond motifs is 2. The van der Waals surface area contributed by atoms with Crippen LogP contribution in [0.4, 0.5) is 9.18 Å². The lowest BCUT2D eigenvalue weighted by atomic mass is 9.68. The van der Waals surface area contributed by atoms with Crippen molar-refractivity contribution in [2.75, 3.05) is 13.2 Å². The van der Waals surface area contributed by atoms with E-state index < -0.39 is 0 Å². The maximum Gasteiger partial charge on any atom is 0.318 e. The molecule has 6 rings (SSSR count). The Labute approximate surface area is 235 Å². The summed E-state index contributed by atoms with van der Waals surface area (Å²) < 4.78 is 15.4. The topological polar surface area (TPSA) is 70.4 Å².